The van der Waals surface area contributed by atoms with Crippen LogP contribution in [-0.2, 0) is 20.7 Å². The second-order valence-corrected chi connectivity index (χ2v) is 11.3. The van der Waals surface area contributed by atoms with Crippen LogP contribution in [0.2, 0.25) is 0 Å². The van der Waals surface area contributed by atoms with Gasteiger partial charge in [-0.2, -0.15) is 0 Å². The summed E-state index contributed by atoms with van der Waals surface area (Å²) < 4.78 is 5.44. The van der Waals surface area contributed by atoms with Crippen molar-refractivity contribution in [3.05, 3.63) is 108 Å². The number of phenolic OH excluding ortho intramolecular Hbond substituents is 1. The lowest BCUT2D eigenvalue weighted by Gasteiger charge is -2.32. The Kier molecular flexibility index (Phi) is 9.15. The van der Waals surface area contributed by atoms with Gasteiger partial charge in [0.2, 0.25) is 5.91 Å². The summed E-state index contributed by atoms with van der Waals surface area (Å²) in [7, 11) is 1.53. The third-order valence-corrected chi connectivity index (χ3v) is 6.81. The monoisotopic (exact) mass is 567 g/mol. The molecule has 0 aliphatic carbocycles. The minimum absolute atomic E-state index is 0.0787. The number of aromatic hydroxyl groups is 1. The van der Waals surface area contributed by atoms with Crippen LogP contribution in [0.3, 0.4) is 0 Å². The number of ether oxygens (including phenoxy) is 1. The Morgan fingerprint density at radius 2 is 1.55 bits per heavy atom. The maximum Gasteiger partial charge on any atom is 0.408 e. The quantitative estimate of drug-likeness (QED) is 0.238. The van der Waals surface area contributed by atoms with Gasteiger partial charge in [-0.15, -0.1) is 0 Å². The number of hydrogen-bond donors (Lipinski definition) is 3. The fraction of sp³-hybridized carbons (Fsp3) is 0.265. The summed E-state index contributed by atoms with van der Waals surface area (Å²) in [6.07, 6.45) is -0.542. The zero-order valence-electron chi connectivity index (χ0n) is 24.5. The highest BCUT2D eigenvalue weighted by Crippen LogP contribution is 2.28. The third kappa shape index (κ3) is 7.66. The Morgan fingerprint density at radius 3 is 2.21 bits per heavy atom. The molecular formula is C34H37N3O5. The second kappa shape index (κ2) is 12.8. The minimum Gasteiger partial charge on any atom is -0.508 e. The number of aryl methyl sites for hydroxylation is 1. The Balaban J connectivity index is 1.67. The van der Waals surface area contributed by atoms with Gasteiger partial charge < -0.3 is 25.4 Å². The number of carbonyl (C=O) groups excluding carboxylic acids is 3. The van der Waals surface area contributed by atoms with Gasteiger partial charge >= 0.3 is 6.09 Å². The number of nitrogens with one attached hydrogen (secondary N) is 2. The van der Waals surface area contributed by atoms with E-state index in [0.717, 1.165) is 16.3 Å². The Bertz CT molecular complexity index is 1580. The van der Waals surface area contributed by atoms with E-state index in [4.69, 9.17) is 4.74 Å². The maximum absolute atomic E-state index is 14.1. The van der Waals surface area contributed by atoms with Gasteiger partial charge in [0.15, 0.2) is 0 Å². The van der Waals surface area contributed by atoms with Crippen molar-refractivity contribution in [1.82, 2.24) is 10.2 Å². The Labute approximate surface area is 246 Å². The summed E-state index contributed by atoms with van der Waals surface area (Å²) in [6, 6.07) is 25.4. The number of alkyl carbamates (subject to hydrolysis) is 1. The number of rotatable bonds is 8. The van der Waals surface area contributed by atoms with Gasteiger partial charge in [-0.3, -0.25) is 9.59 Å². The molecule has 0 aliphatic rings. The van der Waals surface area contributed by atoms with Crippen LogP contribution in [0, 0.1) is 6.92 Å². The Hall–Kier alpha value is -4.85. The van der Waals surface area contributed by atoms with Crippen LogP contribution < -0.4 is 10.6 Å². The molecule has 0 saturated heterocycles. The number of nitrogens with zero attached hydrogens (tertiary/aromatic N) is 1. The molecule has 8 heteroatoms. The number of amides is 3. The van der Waals surface area contributed by atoms with E-state index in [9.17, 15) is 19.5 Å². The number of phenols is 1. The van der Waals surface area contributed by atoms with E-state index < -0.39 is 35.6 Å². The molecule has 4 aromatic carbocycles. The SMILES string of the molecule is Cc1cc(C(C(=O)Nc2ccc3ccccc3c2)N(C)C(=O)C(Cc2ccccc2)NC(=O)OC(C)(C)C)ccc1O. The van der Waals surface area contributed by atoms with Crippen LogP contribution in [0.5, 0.6) is 5.75 Å². The molecule has 4 rings (SSSR count). The lowest BCUT2D eigenvalue weighted by Crippen LogP contribution is -2.52. The third-order valence-electron chi connectivity index (χ3n) is 6.81. The highest BCUT2D eigenvalue weighted by Gasteiger charge is 2.34. The molecule has 2 atom stereocenters. The summed E-state index contributed by atoms with van der Waals surface area (Å²) in [5.41, 5.74) is 1.72. The lowest BCUT2D eigenvalue weighted by molar-refractivity contribution is -0.139. The molecule has 2 unspecified atom stereocenters. The molecule has 0 bridgehead atoms. The summed E-state index contributed by atoms with van der Waals surface area (Å²) in [6.45, 7) is 6.95. The van der Waals surface area contributed by atoms with Gasteiger partial charge in [-0.1, -0.05) is 66.7 Å². The molecule has 4 aromatic rings. The summed E-state index contributed by atoms with van der Waals surface area (Å²) in [5, 5.41) is 17.8. The van der Waals surface area contributed by atoms with Crippen molar-refractivity contribution in [2.45, 2.75) is 51.8 Å². The fourth-order valence-corrected chi connectivity index (χ4v) is 4.75. The molecule has 0 fully saturated rings. The largest absolute Gasteiger partial charge is 0.508 e. The van der Waals surface area contributed by atoms with Gasteiger partial charge in [0.25, 0.3) is 5.91 Å². The van der Waals surface area contributed by atoms with Gasteiger partial charge in [-0.05, 0) is 79.4 Å². The predicted molar refractivity (Wildman–Crippen MR) is 164 cm³/mol. The van der Waals surface area contributed by atoms with E-state index in [1.54, 1.807) is 39.8 Å². The predicted octanol–water partition coefficient (Wildman–Crippen LogP) is 6.13. The second-order valence-electron chi connectivity index (χ2n) is 11.3. The molecule has 0 heterocycles. The first-order valence-electron chi connectivity index (χ1n) is 13.8. The van der Waals surface area contributed by atoms with Crippen molar-refractivity contribution in [2.24, 2.45) is 0 Å². The van der Waals surface area contributed by atoms with Crippen LogP contribution in [0.4, 0.5) is 10.5 Å². The molecule has 0 aromatic heterocycles. The molecule has 0 spiro atoms. The smallest absolute Gasteiger partial charge is 0.408 e. The van der Waals surface area contributed by atoms with E-state index >= 15 is 0 Å². The molecule has 3 N–H and O–H groups in total. The highest BCUT2D eigenvalue weighted by molar-refractivity contribution is 6.00. The topological polar surface area (TPSA) is 108 Å². The number of fused-ring (bicyclic) bond motifs is 1. The average molecular weight is 568 g/mol. The van der Waals surface area contributed by atoms with Crippen LogP contribution >= 0.6 is 0 Å². The molecule has 3 amide bonds. The van der Waals surface area contributed by atoms with Crippen molar-refractivity contribution >= 4 is 34.4 Å². The molecule has 218 valence electrons. The van der Waals surface area contributed by atoms with Crippen LogP contribution in [0.1, 0.15) is 43.5 Å². The number of anilines is 1. The van der Waals surface area contributed by atoms with Gasteiger partial charge in [0.05, 0.1) is 0 Å². The number of hydrogen-bond acceptors (Lipinski definition) is 5. The van der Waals surface area contributed by atoms with Crippen LogP contribution in [-0.4, -0.2) is 46.6 Å². The van der Waals surface area contributed by atoms with E-state index in [1.165, 1.54) is 18.0 Å². The van der Waals surface area contributed by atoms with Gasteiger partial charge in [-0.25, -0.2) is 4.79 Å². The first-order chi connectivity index (χ1) is 19.9. The molecule has 8 nitrogen and oxygen atoms in total. The first-order valence-corrected chi connectivity index (χ1v) is 13.8. The highest BCUT2D eigenvalue weighted by atomic mass is 16.6. The fourth-order valence-electron chi connectivity index (χ4n) is 4.75. The van der Waals surface area contributed by atoms with Crippen molar-refractivity contribution < 1.29 is 24.2 Å². The molecule has 42 heavy (non-hydrogen) atoms. The number of carbonyl (C=O) groups is 3. The molecular weight excluding hydrogens is 530 g/mol. The minimum atomic E-state index is -1.07. The summed E-state index contributed by atoms with van der Waals surface area (Å²) in [5.74, 6) is -0.842. The number of benzene rings is 4. The Morgan fingerprint density at radius 1 is 0.881 bits per heavy atom. The van der Waals surface area contributed by atoms with E-state index in [2.05, 4.69) is 10.6 Å². The maximum atomic E-state index is 14.1. The molecule has 0 aliphatic heterocycles. The lowest BCUT2D eigenvalue weighted by atomic mass is 9.99. The first kappa shape index (κ1) is 30.1. The van der Waals surface area contributed by atoms with Gasteiger partial charge in [0, 0.05) is 19.2 Å². The zero-order valence-corrected chi connectivity index (χ0v) is 24.5. The molecule has 0 radical (unpaired) electrons. The van der Waals surface area contributed by atoms with E-state index in [-0.39, 0.29) is 12.2 Å². The zero-order chi connectivity index (χ0) is 30.4. The molecule has 0 saturated carbocycles. The van der Waals surface area contributed by atoms with Crippen molar-refractivity contribution in [1.29, 1.82) is 0 Å². The van der Waals surface area contributed by atoms with Crippen molar-refractivity contribution in [2.75, 3.05) is 12.4 Å². The summed E-state index contributed by atoms with van der Waals surface area (Å²) >= 11 is 0. The summed E-state index contributed by atoms with van der Waals surface area (Å²) in [4.78, 5) is 42.1. The van der Waals surface area contributed by atoms with Crippen molar-refractivity contribution in [3.8, 4) is 5.75 Å². The average Bonchev–Trinajstić information content (AvgIpc) is 2.93. The standard InChI is InChI=1S/C34H37N3O5/c1-22-19-26(16-18-29(22)38)30(31(39)35-27-17-15-24-13-9-10-14-25(24)21-27)37(5)32(40)28(20-23-11-7-6-8-12-23)36-33(41)42-34(2,3)4/h6-19,21,28,30,38H,20H2,1-5H3,(H,35,39)(H,36,41). The van der Waals surface area contributed by atoms with Gasteiger partial charge in [0.1, 0.15) is 23.4 Å². The number of likely N-dealkylation sites (N-methyl/N-ethyl adjacent to an activating group) is 1. The van der Waals surface area contributed by atoms with Crippen LogP contribution in [0.25, 0.3) is 10.8 Å². The van der Waals surface area contributed by atoms with Crippen LogP contribution in [0.15, 0.2) is 91.0 Å². The van der Waals surface area contributed by atoms with Crippen molar-refractivity contribution in [3.63, 3.8) is 0 Å². The van der Waals surface area contributed by atoms with E-state index in [1.807, 2.05) is 72.8 Å². The normalized spacial score (nSPS) is 12.7. The van der Waals surface area contributed by atoms with E-state index in [0.29, 0.717) is 16.8 Å².